The second kappa shape index (κ2) is 6.03. The Morgan fingerprint density at radius 1 is 1.25 bits per heavy atom. The van der Waals surface area contributed by atoms with Crippen LogP contribution in [0.3, 0.4) is 0 Å². The lowest BCUT2D eigenvalue weighted by Crippen LogP contribution is -1.98. The van der Waals surface area contributed by atoms with Crippen LogP contribution in [0, 0.1) is 11.3 Å². The molecule has 2 rings (SSSR count). The topological polar surface area (TPSA) is 50.1 Å². The quantitative estimate of drug-likeness (QED) is 0.781. The summed E-state index contributed by atoms with van der Waals surface area (Å²) in [6.07, 6.45) is 0.912. The zero-order chi connectivity index (χ0) is 14.5. The lowest BCUT2D eigenvalue weighted by atomic mass is 10.1. The van der Waals surface area contributed by atoms with E-state index in [2.05, 4.69) is 13.0 Å². The molecule has 20 heavy (non-hydrogen) atoms. The molecule has 0 aliphatic carbocycles. The fourth-order valence-corrected chi connectivity index (χ4v) is 1.92. The molecule has 0 fully saturated rings. The van der Waals surface area contributed by atoms with Crippen molar-refractivity contribution in [3.8, 4) is 17.6 Å². The molecule has 3 nitrogen and oxygen atoms in total. The summed E-state index contributed by atoms with van der Waals surface area (Å²) in [5, 5.41) is 8.95. The van der Waals surface area contributed by atoms with Gasteiger partial charge in [-0.2, -0.15) is 5.26 Å². The van der Waals surface area contributed by atoms with Gasteiger partial charge in [0.05, 0.1) is 17.2 Å². The molecule has 3 heteroatoms. The van der Waals surface area contributed by atoms with Gasteiger partial charge in [0.25, 0.3) is 0 Å². The molecule has 0 heterocycles. The molecule has 100 valence electrons. The van der Waals surface area contributed by atoms with Crippen LogP contribution in [0.25, 0.3) is 0 Å². The van der Waals surface area contributed by atoms with Crippen LogP contribution in [0.15, 0.2) is 42.5 Å². The minimum absolute atomic E-state index is 0.0869. The lowest BCUT2D eigenvalue weighted by molar-refractivity contribution is 0.101. The molecule has 0 aliphatic heterocycles. The molecule has 0 atom stereocenters. The Morgan fingerprint density at radius 3 is 2.70 bits per heavy atom. The van der Waals surface area contributed by atoms with Gasteiger partial charge in [-0.25, -0.2) is 0 Å². The van der Waals surface area contributed by atoms with Crippen LogP contribution >= 0.6 is 0 Å². The summed E-state index contributed by atoms with van der Waals surface area (Å²) in [5.41, 5.74) is 2.10. The average molecular weight is 265 g/mol. The van der Waals surface area contributed by atoms with E-state index < -0.39 is 0 Å². The minimum atomic E-state index is -0.0869. The van der Waals surface area contributed by atoms with Crippen LogP contribution in [0.2, 0.25) is 0 Å². The molecule has 2 aromatic rings. The smallest absolute Gasteiger partial charge is 0.163 e. The van der Waals surface area contributed by atoms with Gasteiger partial charge < -0.3 is 4.74 Å². The minimum Gasteiger partial charge on any atom is -0.457 e. The third-order valence-electron chi connectivity index (χ3n) is 3.02. The molecule has 0 N–H and O–H groups in total. The Hall–Kier alpha value is -2.60. The van der Waals surface area contributed by atoms with Crippen LogP contribution in [0.5, 0.6) is 11.5 Å². The first-order valence-electron chi connectivity index (χ1n) is 6.46. The van der Waals surface area contributed by atoms with Gasteiger partial charge in [-0.1, -0.05) is 19.1 Å². The lowest BCUT2D eigenvalue weighted by Gasteiger charge is -2.10. The first-order chi connectivity index (χ1) is 9.63. The Labute approximate surface area is 118 Å². The van der Waals surface area contributed by atoms with Gasteiger partial charge >= 0.3 is 0 Å². The first kappa shape index (κ1) is 13.8. The fraction of sp³-hybridized carbons (Fsp3) is 0.176. The number of hydrogen-bond acceptors (Lipinski definition) is 3. The van der Waals surface area contributed by atoms with Gasteiger partial charge in [-0.3, -0.25) is 4.79 Å². The molecule has 2 aromatic carbocycles. The largest absolute Gasteiger partial charge is 0.457 e. The van der Waals surface area contributed by atoms with Crippen molar-refractivity contribution < 1.29 is 9.53 Å². The van der Waals surface area contributed by atoms with Gasteiger partial charge in [-0.05, 0) is 49.2 Å². The van der Waals surface area contributed by atoms with Crippen molar-refractivity contribution in [2.75, 3.05) is 0 Å². The fourth-order valence-electron chi connectivity index (χ4n) is 1.92. The average Bonchev–Trinajstić information content (AvgIpc) is 2.47. The molecular weight excluding hydrogens is 250 g/mol. The molecule has 0 saturated heterocycles. The van der Waals surface area contributed by atoms with E-state index in [0.717, 1.165) is 12.0 Å². The number of nitrogens with zero attached hydrogens (tertiary/aromatic N) is 1. The summed E-state index contributed by atoms with van der Waals surface area (Å²) < 4.78 is 5.78. The Morgan fingerprint density at radius 2 is 2.05 bits per heavy atom. The highest BCUT2D eigenvalue weighted by Crippen LogP contribution is 2.27. The number of rotatable bonds is 4. The number of nitriles is 1. The summed E-state index contributed by atoms with van der Waals surface area (Å²) in [6, 6.07) is 14.6. The van der Waals surface area contributed by atoms with Crippen molar-refractivity contribution in [1.29, 1.82) is 5.26 Å². The molecule has 0 bridgehead atoms. The van der Waals surface area contributed by atoms with Crippen molar-refractivity contribution in [3.63, 3.8) is 0 Å². The number of Topliss-reactive ketones (excluding diaryl/α,β-unsaturated/α-hetero) is 1. The van der Waals surface area contributed by atoms with Crippen LogP contribution in [-0.2, 0) is 6.42 Å². The number of aryl methyl sites for hydroxylation is 1. The van der Waals surface area contributed by atoms with E-state index in [9.17, 15) is 4.79 Å². The van der Waals surface area contributed by atoms with Crippen LogP contribution < -0.4 is 4.74 Å². The zero-order valence-corrected chi connectivity index (χ0v) is 11.5. The van der Waals surface area contributed by atoms with E-state index in [1.807, 2.05) is 24.3 Å². The number of hydrogen-bond donors (Lipinski definition) is 0. The van der Waals surface area contributed by atoms with Crippen LogP contribution in [0.1, 0.15) is 35.3 Å². The van der Waals surface area contributed by atoms with Gasteiger partial charge in [0.1, 0.15) is 11.5 Å². The SMILES string of the molecule is CCc1cccc(Oc2cc(C#N)ccc2C(C)=O)c1. The second-order valence-electron chi connectivity index (χ2n) is 4.48. The summed E-state index contributed by atoms with van der Waals surface area (Å²) >= 11 is 0. The highest BCUT2D eigenvalue weighted by molar-refractivity contribution is 5.97. The number of ketones is 1. The van der Waals surface area contributed by atoms with Crippen LogP contribution in [0.4, 0.5) is 0 Å². The van der Waals surface area contributed by atoms with Gasteiger partial charge in [0.2, 0.25) is 0 Å². The maximum atomic E-state index is 11.6. The second-order valence-corrected chi connectivity index (χ2v) is 4.48. The molecule has 0 radical (unpaired) electrons. The normalized spacial score (nSPS) is 9.85. The number of carbonyl (C=O) groups is 1. The maximum Gasteiger partial charge on any atom is 0.163 e. The predicted octanol–water partition coefficient (Wildman–Crippen LogP) is 4.12. The molecule has 0 aromatic heterocycles. The third kappa shape index (κ3) is 3.04. The van der Waals surface area contributed by atoms with Gasteiger partial charge in [-0.15, -0.1) is 0 Å². The molecule has 0 unspecified atom stereocenters. The summed E-state index contributed by atoms with van der Waals surface area (Å²) in [5.74, 6) is 1.00. The molecule has 0 spiro atoms. The van der Waals surface area contributed by atoms with E-state index in [1.165, 1.54) is 6.92 Å². The highest BCUT2D eigenvalue weighted by atomic mass is 16.5. The molecule has 0 amide bonds. The van der Waals surface area contributed by atoms with E-state index in [1.54, 1.807) is 18.2 Å². The first-order valence-corrected chi connectivity index (χ1v) is 6.46. The van der Waals surface area contributed by atoms with Gasteiger partial charge in [0.15, 0.2) is 5.78 Å². The number of ether oxygens (including phenoxy) is 1. The number of carbonyl (C=O) groups excluding carboxylic acids is 1. The van der Waals surface area contributed by atoms with Crippen molar-refractivity contribution in [1.82, 2.24) is 0 Å². The predicted molar refractivity (Wildman–Crippen MR) is 77.1 cm³/mol. The van der Waals surface area contributed by atoms with E-state index in [4.69, 9.17) is 10.00 Å². The van der Waals surface area contributed by atoms with E-state index >= 15 is 0 Å². The van der Waals surface area contributed by atoms with E-state index in [0.29, 0.717) is 22.6 Å². The Balaban J connectivity index is 2.40. The van der Waals surface area contributed by atoms with Crippen molar-refractivity contribution >= 4 is 5.78 Å². The van der Waals surface area contributed by atoms with Crippen molar-refractivity contribution in [3.05, 3.63) is 59.2 Å². The zero-order valence-electron chi connectivity index (χ0n) is 11.5. The number of benzene rings is 2. The molecular formula is C17H15NO2. The van der Waals surface area contributed by atoms with E-state index in [-0.39, 0.29) is 5.78 Å². The monoisotopic (exact) mass is 265 g/mol. The van der Waals surface area contributed by atoms with Crippen molar-refractivity contribution in [2.45, 2.75) is 20.3 Å². The summed E-state index contributed by atoms with van der Waals surface area (Å²) in [7, 11) is 0. The Kier molecular flexibility index (Phi) is 4.17. The standard InChI is InChI=1S/C17H15NO2/c1-3-13-5-4-6-15(9-13)20-17-10-14(11-18)7-8-16(17)12(2)19/h4-10H,3H2,1-2H3. The molecule has 0 saturated carbocycles. The Bertz CT molecular complexity index is 684. The van der Waals surface area contributed by atoms with Gasteiger partial charge in [0, 0.05) is 0 Å². The van der Waals surface area contributed by atoms with Crippen LogP contribution in [-0.4, -0.2) is 5.78 Å². The summed E-state index contributed by atoms with van der Waals surface area (Å²) in [6.45, 7) is 3.55. The summed E-state index contributed by atoms with van der Waals surface area (Å²) in [4.78, 5) is 11.6. The highest BCUT2D eigenvalue weighted by Gasteiger charge is 2.10. The maximum absolute atomic E-state index is 11.6. The molecule has 0 aliphatic rings. The third-order valence-corrected chi connectivity index (χ3v) is 3.02. The van der Waals surface area contributed by atoms with Crippen molar-refractivity contribution in [2.24, 2.45) is 0 Å².